The van der Waals surface area contributed by atoms with E-state index < -0.39 is 0 Å². The SMILES string of the molecule is CCCN(CC)CCNc1ncccc1OC(C)C. The molecule has 4 nitrogen and oxygen atoms in total. The van der Waals surface area contributed by atoms with Crippen LogP contribution in [0.4, 0.5) is 5.82 Å². The van der Waals surface area contributed by atoms with Gasteiger partial charge in [-0.2, -0.15) is 0 Å². The molecule has 0 spiro atoms. The van der Waals surface area contributed by atoms with Gasteiger partial charge < -0.3 is 15.0 Å². The van der Waals surface area contributed by atoms with Crippen LogP contribution in [0, 0.1) is 0 Å². The van der Waals surface area contributed by atoms with E-state index >= 15 is 0 Å². The molecule has 0 saturated carbocycles. The van der Waals surface area contributed by atoms with Crippen LogP contribution in [-0.2, 0) is 0 Å². The van der Waals surface area contributed by atoms with Crippen molar-refractivity contribution < 1.29 is 4.74 Å². The number of likely N-dealkylation sites (N-methyl/N-ethyl adjacent to an activating group) is 1. The first-order chi connectivity index (χ1) is 9.17. The highest BCUT2D eigenvalue weighted by Gasteiger charge is 2.06. The Morgan fingerprint density at radius 2 is 2.11 bits per heavy atom. The fourth-order valence-corrected chi connectivity index (χ4v) is 1.95. The minimum absolute atomic E-state index is 0.164. The number of nitrogens with zero attached hydrogens (tertiary/aromatic N) is 2. The van der Waals surface area contributed by atoms with Gasteiger partial charge >= 0.3 is 0 Å². The largest absolute Gasteiger partial charge is 0.487 e. The molecule has 0 amide bonds. The minimum Gasteiger partial charge on any atom is -0.487 e. The topological polar surface area (TPSA) is 37.4 Å². The number of rotatable bonds is 9. The van der Waals surface area contributed by atoms with Gasteiger partial charge in [-0.1, -0.05) is 13.8 Å². The number of pyridine rings is 1. The summed E-state index contributed by atoms with van der Waals surface area (Å²) in [7, 11) is 0. The Labute approximate surface area is 117 Å². The maximum absolute atomic E-state index is 5.74. The normalized spacial score (nSPS) is 11.1. The first-order valence-corrected chi connectivity index (χ1v) is 7.25. The third-order valence-electron chi connectivity index (χ3n) is 2.84. The minimum atomic E-state index is 0.164. The Morgan fingerprint density at radius 1 is 1.32 bits per heavy atom. The summed E-state index contributed by atoms with van der Waals surface area (Å²) in [5.41, 5.74) is 0. The summed E-state index contributed by atoms with van der Waals surface area (Å²) in [6.45, 7) is 12.6. The second-order valence-corrected chi connectivity index (χ2v) is 4.88. The lowest BCUT2D eigenvalue weighted by Gasteiger charge is -2.20. The Morgan fingerprint density at radius 3 is 2.74 bits per heavy atom. The molecule has 0 unspecified atom stereocenters. The molecule has 19 heavy (non-hydrogen) atoms. The van der Waals surface area contributed by atoms with Crippen molar-refractivity contribution >= 4 is 5.82 Å². The number of hydrogen-bond acceptors (Lipinski definition) is 4. The zero-order valence-electron chi connectivity index (χ0n) is 12.6. The van der Waals surface area contributed by atoms with E-state index in [9.17, 15) is 0 Å². The second-order valence-electron chi connectivity index (χ2n) is 4.88. The van der Waals surface area contributed by atoms with Crippen LogP contribution in [0.25, 0.3) is 0 Å². The van der Waals surface area contributed by atoms with Crippen molar-refractivity contribution in [1.29, 1.82) is 0 Å². The van der Waals surface area contributed by atoms with Gasteiger partial charge in [-0.15, -0.1) is 0 Å². The van der Waals surface area contributed by atoms with Crippen LogP contribution in [0.15, 0.2) is 18.3 Å². The highest BCUT2D eigenvalue weighted by Crippen LogP contribution is 2.21. The molecule has 1 N–H and O–H groups in total. The average Bonchev–Trinajstić information content (AvgIpc) is 2.39. The summed E-state index contributed by atoms with van der Waals surface area (Å²) >= 11 is 0. The molecule has 0 aliphatic heterocycles. The molecular formula is C15H27N3O. The predicted octanol–water partition coefficient (Wildman–Crippen LogP) is 3.01. The van der Waals surface area contributed by atoms with Crippen molar-refractivity contribution in [3.63, 3.8) is 0 Å². The molecule has 0 aliphatic carbocycles. The number of ether oxygens (including phenoxy) is 1. The van der Waals surface area contributed by atoms with Crippen LogP contribution in [-0.4, -0.2) is 42.2 Å². The van der Waals surface area contributed by atoms with Gasteiger partial charge in [0.2, 0.25) is 0 Å². The number of nitrogens with one attached hydrogen (secondary N) is 1. The molecule has 1 aromatic heterocycles. The Hall–Kier alpha value is -1.29. The zero-order valence-corrected chi connectivity index (χ0v) is 12.6. The summed E-state index contributed by atoms with van der Waals surface area (Å²) in [6.07, 6.45) is 3.15. The van der Waals surface area contributed by atoms with Crippen LogP contribution in [0.3, 0.4) is 0 Å². The molecule has 0 aliphatic rings. The van der Waals surface area contributed by atoms with Crippen LogP contribution in [0.1, 0.15) is 34.1 Å². The summed E-state index contributed by atoms with van der Waals surface area (Å²) in [5, 5.41) is 3.36. The third kappa shape index (κ3) is 5.92. The van der Waals surface area contributed by atoms with E-state index in [4.69, 9.17) is 4.74 Å². The quantitative estimate of drug-likeness (QED) is 0.745. The summed E-state index contributed by atoms with van der Waals surface area (Å²) in [4.78, 5) is 6.78. The molecule has 0 saturated heterocycles. The Bertz CT molecular complexity index is 355. The van der Waals surface area contributed by atoms with Gasteiger partial charge in [0, 0.05) is 19.3 Å². The highest BCUT2D eigenvalue weighted by atomic mass is 16.5. The van der Waals surface area contributed by atoms with Gasteiger partial charge in [-0.25, -0.2) is 4.98 Å². The fraction of sp³-hybridized carbons (Fsp3) is 0.667. The standard InChI is InChI=1S/C15H27N3O/c1-5-11-18(6-2)12-10-17-15-14(19-13(3)4)8-7-9-16-15/h7-9,13H,5-6,10-12H2,1-4H3,(H,16,17). The number of aromatic nitrogens is 1. The van der Waals surface area contributed by atoms with Gasteiger partial charge in [0.25, 0.3) is 0 Å². The third-order valence-corrected chi connectivity index (χ3v) is 2.84. The highest BCUT2D eigenvalue weighted by molar-refractivity contribution is 5.49. The maximum atomic E-state index is 5.74. The average molecular weight is 265 g/mol. The smallest absolute Gasteiger partial charge is 0.168 e. The van der Waals surface area contributed by atoms with E-state index in [1.807, 2.05) is 26.0 Å². The maximum Gasteiger partial charge on any atom is 0.168 e. The number of hydrogen-bond donors (Lipinski definition) is 1. The van der Waals surface area contributed by atoms with E-state index in [1.165, 1.54) is 6.42 Å². The lowest BCUT2D eigenvalue weighted by molar-refractivity contribution is 0.242. The van der Waals surface area contributed by atoms with Gasteiger partial charge in [-0.05, 0) is 45.5 Å². The zero-order chi connectivity index (χ0) is 14.1. The molecule has 108 valence electrons. The lowest BCUT2D eigenvalue weighted by atomic mass is 10.3. The first-order valence-electron chi connectivity index (χ1n) is 7.25. The van der Waals surface area contributed by atoms with Crippen LogP contribution >= 0.6 is 0 Å². The molecule has 1 rings (SSSR count). The molecule has 0 bridgehead atoms. The van der Waals surface area contributed by atoms with Crippen LogP contribution < -0.4 is 10.1 Å². The molecule has 0 atom stereocenters. The van der Waals surface area contributed by atoms with Gasteiger partial charge in [0.15, 0.2) is 11.6 Å². The molecule has 0 fully saturated rings. The van der Waals surface area contributed by atoms with Crippen molar-refractivity contribution in [3.05, 3.63) is 18.3 Å². The fourth-order valence-electron chi connectivity index (χ4n) is 1.95. The van der Waals surface area contributed by atoms with Crippen LogP contribution in [0.5, 0.6) is 5.75 Å². The van der Waals surface area contributed by atoms with E-state index in [0.717, 1.165) is 37.7 Å². The van der Waals surface area contributed by atoms with Crippen molar-refractivity contribution in [2.45, 2.75) is 40.2 Å². The molecular weight excluding hydrogens is 238 g/mol. The van der Waals surface area contributed by atoms with Crippen LogP contribution in [0.2, 0.25) is 0 Å². The molecule has 0 aromatic carbocycles. The van der Waals surface area contributed by atoms with E-state index in [-0.39, 0.29) is 6.10 Å². The monoisotopic (exact) mass is 265 g/mol. The first kappa shape index (κ1) is 15.8. The Balaban J connectivity index is 2.48. The van der Waals surface area contributed by atoms with Crippen molar-refractivity contribution in [1.82, 2.24) is 9.88 Å². The van der Waals surface area contributed by atoms with Crippen molar-refractivity contribution in [2.24, 2.45) is 0 Å². The molecule has 0 radical (unpaired) electrons. The van der Waals surface area contributed by atoms with Crippen molar-refractivity contribution in [2.75, 3.05) is 31.5 Å². The number of anilines is 1. The summed E-state index contributed by atoms with van der Waals surface area (Å²) in [5.74, 6) is 1.67. The Kier molecular flexibility index (Phi) is 7.26. The van der Waals surface area contributed by atoms with E-state index in [2.05, 4.69) is 29.0 Å². The molecule has 4 heteroatoms. The summed E-state index contributed by atoms with van der Waals surface area (Å²) < 4.78 is 5.74. The van der Waals surface area contributed by atoms with Gasteiger partial charge in [0.1, 0.15) is 0 Å². The van der Waals surface area contributed by atoms with Crippen molar-refractivity contribution in [3.8, 4) is 5.75 Å². The predicted molar refractivity (Wildman–Crippen MR) is 80.9 cm³/mol. The van der Waals surface area contributed by atoms with E-state index in [1.54, 1.807) is 6.20 Å². The van der Waals surface area contributed by atoms with Gasteiger partial charge in [-0.3, -0.25) is 0 Å². The van der Waals surface area contributed by atoms with Gasteiger partial charge in [0.05, 0.1) is 6.10 Å². The van der Waals surface area contributed by atoms with E-state index in [0.29, 0.717) is 0 Å². The second kappa shape index (κ2) is 8.75. The lowest BCUT2D eigenvalue weighted by Crippen LogP contribution is -2.29. The summed E-state index contributed by atoms with van der Waals surface area (Å²) in [6, 6.07) is 3.86. The molecule has 1 heterocycles. The molecule has 1 aromatic rings.